The lowest BCUT2D eigenvalue weighted by Crippen LogP contribution is -1.93. The number of nitrogens with zero attached hydrogens (tertiary/aromatic N) is 2. The number of pyridine rings is 1. The number of aromatic nitrogens is 1. The van der Waals surface area contributed by atoms with Crippen LogP contribution in [0.2, 0.25) is 5.02 Å². The SMILES string of the molecule is N#Cc1ccnc(Oc2cc(N)ccc2Br)c1Cl. The Bertz CT molecular complexity index is 640. The summed E-state index contributed by atoms with van der Waals surface area (Å²) >= 11 is 9.33. The van der Waals surface area contributed by atoms with Crippen LogP contribution in [0.3, 0.4) is 0 Å². The third kappa shape index (κ3) is 2.55. The quantitative estimate of drug-likeness (QED) is 0.854. The van der Waals surface area contributed by atoms with Gasteiger partial charge in [-0.25, -0.2) is 4.98 Å². The van der Waals surface area contributed by atoms with Gasteiger partial charge in [-0.2, -0.15) is 5.26 Å². The van der Waals surface area contributed by atoms with E-state index >= 15 is 0 Å². The van der Waals surface area contributed by atoms with E-state index in [1.165, 1.54) is 12.3 Å². The average molecular weight is 325 g/mol. The predicted molar refractivity (Wildman–Crippen MR) is 72.6 cm³/mol. The summed E-state index contributed by atoms with van der Waals surface area (Å²) in [6, 6.07) is 8.61. The van der Waals surface area contributed by atoms with Crippen molar-refractivity contribution >= 4 is 33.2 Å². The van der Waals surface area contributed by atoms with Gasteiger partial charge < -0.3 is 10.5 Å². The van der Waals surface area contributed by atoms with Crippen LogP contribution in [-0.4, -0.2) is 4.98 Å². The van der Waals surface area contributed by atoms with Gasteiger partial charge in [0.25, 0.3) is 0 Å². The molecular weight excluding hydrogens is 318 g/mol. The zero-order valence-corrected chi connectivity index (χ0v) is 11.4. The number of anilines is 1. The van der Waals surface area contributed by atoms with Crippen molar-refractivity contribution in [3.05, 3.63) is 45.5 Å². The molecule has 0 saturated heterocycles. The van der Waals surface area contributed by atoms with Crippen molar-refractivity contribution < 1.29 is 4.74 Å². The number of ether oxygens (including phenoxy) is 1. The number of hydrogen-bond donors (Lipinski definition) is 1. The Kier molecular flexibility index (Phi) is 3.70. The summed E-state index contributed by atoms with van der Waals surface area (Å²) in [5.41, 5.74) is 6.53. The summed E-state index contributed by atoms with van der Waals surface area (Å²) < 4.78 is 6.26. The Morgan fingerprint density at radius 2 is 2.17 bits per heavy atom. The number of benzene rings is 1. The minimum Gasteiger partial charge on any atom is -0.436 e. The molecule has 0 spiro atoms. The number of rotatable bonds is 2. The summed E-state index contributed by atoms with van der Waals surface area (Å²) in [6.07, 6.45) is 1.46. The van der Waals surface area contributed by atoms with E-state index in [0.717, 1.165) is 4.47 Å². The second-order valence-electron chi connectivity index (χ2n) is 3.38. The smallest absolute Gasteiger partial charge is 0.239 e. The number of nitriles is 1. The highest BCUT2D eigenvalue weighted by Gasteiger charge is 2.11. The van der Waals surface area contributed by atoms with Crippen LogP contribution in [0.1, 0.15) is 5.56 Å². The van der Waals surface area contributed by atoms with Gasteiger partial charge in [-0.1, -0.05) is 11.6 Å². The van der Waals surface area contributed by atoms with Crippen molar-refractivity contribution in [1.82, 2.24) is 4.98 Å². The predicted octanol–water partition coefficient (Wildman–Crippen LogP) is 3.74. The lowest BCUT2D eigenvalue weighted by molar-refractivity contribution is 0.460. The molecule has 0 atom stereocenters. The molecule has 2 N–H and O–H groups in total. The first-order valence-electron chi connectivity index (χ1n) is 4.89. The topological polar surface area (TPSA) is 71.9 Å². The van der Waals surface area contributed by atoms with Crippen LogP contribution in [0.15, 0.2) is 34.9 Å². The summed E-state index contributed by atoms with van der Waals surface area (Å²) in [7, 11) is 0. The Hall–Kier alpha value is -1.77. The molecule has 0 fully saturated rings. The number of nitrogens with two attached hydrogens (primary N) is 1. The maximum atomic E-state index is 8.86. The van der Waals surface area contributed by atoms with Crippen LogP contribution in [0.25, 0.3) is 0 Å². The monoisotopic (exact) mass is 323 g/mol. The normalized spacial score (nSPS) is 9.83. The largest absolute Gasteiger partial charge is 0.436 e. The molecular formula is C12H7BrClN3O. The van der Waals surface area contributed by atoms with Crippen molar-refractivity contribution in [2.24, 2.45) is 0 Å². The van der Waals surface area contributed by atoms with E-state index in [1.54, 1.807) is 18.2 Å². The molecule has 0 aliphatic heterocycles. The highest BCUT2D eigenvalue weighted by Crippen LogP contribution is 2.34. The summed E-state index contributed by atoms with van der Waals surface area (Å²) in [4.78, 5) is 3.99. The highest BCUT2D eigenvalue weighted by atomic mass is 79.9. The molecule has 18 heavy (non-hydrogen) atoms. The van der Waals surface area contributed by atoms with Crippen LogP contribution in [0.4, 0.5) is 5.69 Å². The summed E-state index contributed by atoms with van der Waals surface area (Å²) in [5.74, 6) is 0.654. The maximum Gasteiger partial charge on any atom is 0.239 e. The molecule has 2 aromatic rings. The standard InChI is InChI=1S/C12H7BrClN3O/c13-9-2-1-8(16)5-10(9)18-12-11(14)7(6-15)3-4-17-12/h1-5H,16H2. The van der Waals surface area contributed by atoms with E-state index in [0.29, 0.717) is 17.0 Å². The molecule has 1 heterocycles. The molecule has 0 bridgehead atoms. The Balaban J connectivity index is 2.41. The average Bonchev–Trinajstić information content (AvgIpc) is 2.36. The Morgan fingerprint density at radius 3 is 2.89 bits per heavy atom. The van der Waals surface area contributed by atoms with E-state index in [-0.39, 0.29) is 10.9 Å². The fourth-order valence-corrected chi connectivity index (χ4v) is 1.80. The highest BCUT2D eigenvalue weighted by molar-refractivity contribution is 9.10. The van der Waals surface area contributed by atoms with Gasteiger partial charge in [0.1, 0.15) is 16.8 Å². The van der Waals surface area contributed by atoms with Gasteiger partial charge in [0.2, 0.25) is 5.88 Å². The molecule has 0 unspecified atom stereocenters. The van der Waals surface area contributed by atoms with Crippen molar-refractivity contribution in [3.8, 4) is 17.7 Å². The van der Waals surface area contributed by atoms with E-state index < -0.39 is 0 Å². The molecule has 90 valence electrons. The van der Waals surface area contributed by atoms with Gasteiger partial charge in [0.05, 0.1) is 10.0 Å². The fourth-order valence-electron chi connectivity index (χ4n) is 1.28. The van der Waals surface area contributed by atoms with E-state index in [1.807, 2.05) is 6.07 Å². The molecule has 0 amide bonds. The Morgan fingerprint density at radius 1 is 1.39 bits per heavy atom. The zero-order valence-electron chi connectivity index (χ0n) is 9.02. The van der Waals surface area contributed by atoms with E-state index in [9.17, 15) is 0 Å². The number of nitrogen functional groups attached to an aromatic ring is 1. The van der Waals surface area contributed by atoms with Gasteiger partial charge in [-0.3, -0.25) is 0 Å². The molecule has 0 radical (unpaired) electrons. The van der Waals surface area contributed by atoms with Crippen LogP contribution in [0.5, 0.6) is 11.6 Å². The molecule has 4 nitrogen and oxygen atoms in total. The minimum atomic E-state index is 0.169. The molecule has 0 aliphatic carbocycles. The van der Waals surface area contributed by atoms with Crippen LogP contribution in [0, 0.1) is 11.3 Å². The van der Waals surface area contributed by atoms with Crippen LogP contribution < -0.4 is 10.5 Å². The second-order valence-corrected chi connectivity index (χ2v) is 4.61. The third-order valence-electron chi connectivity index (χ3n) is 2.14. The maximum absolute atomic E-state index is 8.86. The zero-order chi connectivity index (χ0) is 13.1. The Labute approximate surface area is 117 Å². The first kappa shape index (κ1) is 12.7. The van der Waals surface area contributed by atoms with Crippen molar-refractivity contribution in [1.29, 1.82) is 5.26 Å². The van der Waals surface area contributed by atoms with Crippen molar-refractivity contribution in [2.75, 3.05) is 5.73 Å². The summed E-state index contributed by atoms with van der Waals surface area (Å²) in [5, 5.41) is 9.04. The molecule has 1 aromatic carbocycles. The molecule has 0 saturated carbocycles. The second kappa shape index (κ2) is 5.25. The molecule has 2 rings (SSSR count). The van der Waals surface area contributed by atoms with Gasteiger partial charge >= 0.3 is 0 Å². The first-order chi connectivity index (χ1) is 8.61. The van der Waals surface area contributed by atoms with Gasteiger partial charge in [-0.05, 0) is 34.1 Å². The third-order valence-corrected chi connectivity index (χ3v) is 3.16. The van der Waals surface area contributed by atoms with Crippen molar-refractivity contribution in [2.45, 2.75) is 0 Å². The minimum absolute atomic E-state index is 0.169. The molecule has 0 aliphatic rings. The van der Waals surface area contributed by atoms with Crippen LogP contribution in [-0.2, 0) is 0 Å². The number of halogens is 2. The fraction of sp³-hybridized carbons (Fsp3) is 0. The van der Waals surface area contributed by atoms with E-state index in [2.05, 4.69) is 20.9 Å². The van der Waals surface area contributed by atoms with Gasteiger partial charge in [0, 0.05) is 18.0 Å². The van der Waals surface area contributed by atoms with E-state index in [4.69, 9.17) is 27.3 Å². The van der Waals surface area contributed by atoms with Crippen molar-refractivity contribution in [3.63, 3.8) is 0 Å². The molecule has 6 heteroatoms. The lowest BCUT2D eigenvalue weighted by Gasteiger charge is -2.09. The lowest BCUT2D eigenvalue weighted by atomic mass is 10.3. The first-order valence-corrected chi connectivity index (χ1v) is 6.06. The molecule has 1 aromatic heterocycles. The van der Waals surface area contributed by atoms with Crippen LogP contribution >= 0.6 is 27.5 Å². The van der Waals surface area contributed by atoms with Gasteiger partial charge in [-0.15, -0.1) is 0 Å². The number of hydrogen-bond acceptors (Lipinski definition) is 4. The van der Waals surface area contributed by atoms with Gasteiger partial charge in [0.15, 0.2) is 0 Å². The summed E-state index contributed by atoms with van der Waals surface area (Å²) in [6.45, 7) is 0.